The van der Waals surface area contributed by atoms with Crippen molar-refractivity contribution < 1.29 is 13.2 Å². The Morgan fingerprint density at radius 3 is 2.00 bits per heavy atom. The van der Waals surface area contributed by atoms with E-state index in [-0.39, 0.29) is 5.56 Å². The molecule has 1 saturated carbocycles. The zero-order chi connectivity index (χ0) is 13.5. The number of halogens is 3. The summed E-state index contributed by atoms with van der Waals surface area (Å²) in [6.45, 7) is 0. The van der Waals surface area contributed by atoms with E-state index in [1.54, 1.807) is 24.3 Å². The van der Waals surface area contributed by atoms with Gasteiger partial charge in [-0.25, -0.2) is 0 Å². The normalized spacial score (nSPS) is 15.5. The van der Waals surface area contributed by atoms with E-state index >= 15 is 0 Å². The predicted octanol–water partition coefficient (Wildman–Crippen LogP) is 5.25. The van der Waals surface area contributed by atoms with Crippen LogP contribution in [0.3, 0.4) is 0 Å². The van der Waals surface area contributed by atoms with Crippen LogP contribution in [-0.2, 0) is 6.18 Å². The molecule has 0 spiro atoms. The molecule has 0 aromatic heterocycles. The van der Waals surface area contributed by atoms with E-state index in [0.29, 0.717) is 5.92 Å². The Labute approximate surface area is 109 Å². The number of hydrogen-bond donors (Lipinski definition) is 0. The molecule has 0 amide bonds. The van der Waals surface area contributed by atoms with Gasteiger partial charge in [0, 0.05) is 0 Å². The van der Waals surface area contributed by atoms with Gasteiger partial charge in [-0.05, 0) is 41.5 Å². The molecule has 0 N–H and O–H groups in total. The summed E-state index contributed by atoms with van der Waals surface area (Å²) in [4.78, 5) is 0. The first-order valence-electron chi connectivity index (χ1n) is 6.33. The topological polar surface area (TPSA) is 0 Å². The molecule has 0 aliphatic heterocycles. The van der Waals surface area contributed by atoms with Gasteiger partial charge in [-0.3, -0.25) is 0 Å². The molecule has 98 valence electrons. The van der Waals surface area contributed by atoms with Gasteiger partial charge < -0.3 is 0 Å². The minimum atomic E-state index is -4.31. The average molecular weight is 262 g/mol. The molecule has 0 atom stereocenters. The van der Waals surface area contributed by atoms with Gasteiger partial charge >= 0.3 is 6.18 Å². The van der Waals surface area contributed by atoms with E-state index in [9.17, 15) is 13.2 Å². The van der Waals surface area contributed by atoms with Crippen molar-refractivity contribution in [1.82, 2.24) is 0 Å². The lowest BCUT2D eigenvalue weighted by Crippen LogP contribution is -2.07. The van der Waals surface area contributed by atoms with Gasteiger partial charge in [0.15, 0.2) is 0 Å². The highest BCUT2D eigenvalue weighted by Crippen LogP contribution is 2.46. The second-order valence-corrected chi connectivity index (χ2v) is 4.90. The molecule has 0 unspecified atom stereocenters. The van der Waals surface area contributed by atoms with Crippen LogP contribution in [0.25, 0.3) is 11.1 Å². The molecule has 0 bridgehead atoms. The lowest BCUT2D eigenvalue weighted by Gasteiger charge is -2.15. The first kappa shape index (κ1) is 12.3. The molecule has 0 heterocycles. The van der Waals surface area contributed by atoms with Crippen molar-refractivity contribution >= 4 is 0 Å². The van der Waals surface area contributed by atoms with Crippen molar-refractivity contribution in [3.63, 3.8) is 0 Å². The third kappa shape index (κ3) is 2.37. The molecular formula is C16H13F3. The maximum Gasteiger partial charge on any atom is 0.417 e. The van der Waals surface area contributed by atoms with Crippen LogP contribution in [0.4, 0.5) is 13.2 Å². The van der Waals surface area contributed by atoms with E-state index < -0.39 is 11.7 Å². The van der Waals surface area contributed by atoms with E-state index in [1.165, 1.54) is 6.07 Å². The van der Waals surface area contributed by atoms with Gasteiger partial charge in [0.1, 0.15) is 0 Å². The van der Waals surface area contributed by atoms with Gasteiger partial charge in [0.05, 0.1) is 5.56 Å². The van der Waals surface area contributed by atoms with Gasteiger partial charge in [0.2, 0.25) is 0 Å². The molecule has 0 saturated heterocycles. The van der Waals surface area contributed by atoms with Gasteiger partial charge in [-0.15, -0.1) is 0 Å². The highest BCUT2D eigenvalue weighted by Gasteiger charge is 2.34. The van der Waals surface area contributed by atoms with Crippen LogP contribution < -0.4 is 0 Å². The van der Waals surface area contributed by atoms with Crippen LogP contribution in [0.2, 0.25) is 0 Å². The second-order valence-electron chi connectivity index (χ2n) is 4.90. The van der Waals surface area contributed by atoms with E-state index in [0.717, 1.165) is 30.0 Å². The molecule has 1 aliphatic rings. The van der Waals surface area contributed by atoms with Crippen LogP contribution in [-0.4, -0.2) is 0 Å². The summed E-state index contributed by atoms with van der Waals surface area (Å²) in [7, 11) is 0. The molecule has 2 aromatic carbocycles. The fraction of sp³-hybridized carbons (Fsp3) is 0.250. The molecule has 19 heavy (non-hydrogen) atoms. The summed E-state index contributed by atoms with van der Waals surface area (Å²) in [6.07, 6.45) is -2.16. The third-order valence-electron chi connectivity index (χ3n) is 3.50. The quantitative estimate of drug-likeness (QED) is 0.693. The Kier molecular flexibility index (Phi) is 2.85. The molecule has 3 heteroatoms. The van der Waals surface area contributed by atoms with E-state index in [4.69, 9.17) is 0 Å². The van der Waals surface area contributed by atoms with Gasteiger partial charge in [0.25, 0.3) is 0 Å². The smallest absolute Gasteiger partial charge is 0.166 e. The summed E-state index contributed by atoms with van der Waals surface area (Å²) >= 11 is 0. The summed E-state index contributed by atoms with van der Waals surface area (Å²) in [5.74, 6) is 0.428. The maximum atomic E-state index is 13.1. The van der Waals surface area contributed by atoms with Crippen LogP contribution in [0.5, 0.6) is 0 Å². The van der Waals surface area contributed by atoms with Gasteiger partial charge in [-0.1, -0.05) is 42.5 Å². The molecule has 2 aromatic rings. The second kappa shape index (κ2) is 4.41. The lowest BCUT2D eigenvalue weighted by molar-refractivity contribution is -0.137. The summed E-state index contributed by atoms with van der Waals surface area (Å²) in [5.41, 5.74) is 1.50. The molecule has 3 rings (SSSR count). The Balaban J connectivity index is 2.17. The molecular weight excluding hydrogens is 249 g/mol. The monoisotopic (exact) mass is 262 g/mol. The largest absolute Gasteiger partial charge is 0.417 e. The fourth-order valence-electron chi connectivity index (χ4n) is 2.46. The highest BCUT2D eigenvalue weighted by molar-refractivity contribution is 5.72. The lowest BCUT2D eigenvalue weighted by atomic mass is 9.93. The summed E-state index contributed by atoms with van der Waals surface area (Å²) in [5, 5.41) is 0. The van der Waals surface area contributed by atoms with Crippen molar-refractivity contribution in [3.05, 3.63) is 59.7 Å². The van der Waals surface area contributed by atoms with Crippen molar-refractivity contribution in [3.8, 4) is 11.1 Å². The van der Waals surface area contributed by atoms with Crippen LogP contribution in [0, 0.1) is 0 Å². The number of alkyl halides is 3. The van der Waals surface area contributed by atoms with Gasteiger partial charge in [-0.2, -0.15) is 13.2 Å². The standard InChI is InChI=1S/C16H13F3/c17-16(18,19)15-8-4-3-7-14(15)13-6-2-1-5-12(13)11-9-10-11/h1-8,11H,9-10H2. The van der Waals surface area contributed by atoms with E-state index in [2.05, 4.69) is 0 Å². The van der Waals surface area contributed by atoms with Crippen molar-refractivity contribution in [2.45, 2.75) is 24.9 Å². The fourth-order valence-corrected chi connectivity index (χ4v) is 2.46. The Hall–Kier alpha value is -1.77. The minimum Gasteiger partial charge on any atom is -0.166 e. The summed E-state index contributed by atoms with van der Waals surface area (Å²) < 4.78 is 39.2. The zero-order valence-corrected chi connectivity index (χ0v) is 10.2. The van der Waals surface area contributed by atoms with Crippen LogP contribution >= 0.6 is 0 Å². The van der Waals surface area contributed by atoms with Crippen molar-refractivity contribution in [1.29, 1.82) is 0 Å². The highest BCUT2D eigenvalue weighted by atomic mass is 19.4. The number of hydrogen-bond acceptors (Lipinski definition) is 0. The summed E-state index contributed by atoms with van der Waals surface area (Å²) in [6, 6.07) is 13.2. The van der Waals surface area contributed by atoms with Crippen molar-refractivity contribution in [2.24, 2.45) is 0 Å². The predicted molar refractivity (Wildman–Crippen MR) is 68.9 cm³/mol. The molecule has 0 radical (unpaired) electrons. The average Bonchev–Trinajstić information content (AvgIpc) is 3.22. The SMILES string of the molecule is FC(F)(F)c1ccccc1-c1ccccc1C1CC1. The first-order chi connectivity index (χ1) is 9.07. The maximum absolute atomic E-state index is 13.1. The zero-order valence-electron chi connectivity index (χ0n) is 10.2. The third-order valence-corrected chi connectivity index (χ3v) is 3.50. The molecule has 0 nitrogen and oxygen atoms in total. The molecule has 1 fully saturated rings. The van der Waals surface area contributed by atoms with Crippen LogP contribution in [0.15, 0.2) is 48.5 Å². The molecule has 1 aliphatic carbocycles. The number of benzene rings is 2. The Morgan fingerprint density at radius 2 is 1.37 bits per heavy atom. The number of rotatable bonds is 2. The first-order valence-corrected chi connectivity index (χ1v) is 6.33. The minimum absolute atomic E-state index is 0.289. The van der Waals surface area contributed by atoms with Crippen molar-refractivity contribution in [2.75, 3.05) is 0 Å². The Bertz CT molecular complexity index is 595. The van der Waals surface area contributed by atoms with Crippen LogP contribution in [0.1, 0.15) is 29.9 Å². The van der Waals surface area contributed by atoms with E-state index in [1.807, 2.05) is 12.1 Å². The Morgan fingerprint density at radius 1 is 0.789 bits per heavy atom.